The molecule has 0 spiro atoms. The number of nitrogens with zero attached hydrogens (tertiary/aromatic N) is 5. The Kier molecular flexibility index (Phi) is 4.61. The highest BCUT2D eigenvalue weighted by atomic mass is 16.7. The second-order valence-corrected chi connectivity index (χ2v) is 5.78. The van der Waals surface area contributed by atoms with Crippen molar-refractivity contribution in [2.75, 3.05) is 0 Å². The van der Waals surface area contributed by atoms with Gasteiger partial charge in [0, 0.05) is 6.20 Å². The van der Waals surface area contributed by atoms with Gasteiger partial charge in [-0.3, -0.25) is 9.36 Å². The lowest BCUT2D eigenvalue weighted by molar-refractivity contribution is -0.196. The summed E-state index contributed by atoms with van der Waals surface area (Å²) in [6.45, 7) is 3.24. The highest BCUT2D eigenvalue weighted by Crippen LogP contribution is 2.29. The number of carbonyl (C=O) groups excluding carboxylic acids is 1. The smallest absolute Gasteiger partial charge is 0.351 e. The van der Waals surface area contributed by atoms with Gasteiger partial charge in [-0.05, 0) is 6.07 Å². The second-order valence-electron chi connectivity index (χ2n) is 5.78. The lowest BCUT2D eigenvalue weighted by atomic mass is 10.2. The van der Waals surface area contributed by atoms with Crippen molar-refractivity contribution in [3.63, 3.8) is 0 Å². The molecule has 3 rings (SSSR count). The lowest BCUT2D eigenvalue weighted by Gasteiger charge is -2.17. The zero-order valence-electron chi connectivity index (χ0n) is 13.5. The molecule has 2 aromatic heterocycles. The predicted molar refractivity (Wildman–Crippen MR) is 80.3 cm³/mol. The van der Waals surface area contributed by atoms with Crippen molar-refractivity contribution in [3.05, 3.63) is 35.4 Å². The maximum Gasteiger partial charge on any atom is 0.351 e. The topological polar surface area (TPSA) is 142 Å². The van der Waals surface area contributed by atoms with Crippen LogP contribution in [0.2, 0.25) is 0 Å². The molecular formula is C14H17N5O6. The van der Waals surface area contributed by atoms with Gasteiger partial charge in [0.05, 0.1) is 5.92 Å². The van der Waals surface area contributed by atoms with Crippen LogP contribution in [0.15, 0.2) is 29.7 Å². The summed E-state index contributed by atoms with van der Waals surface area (Å²) in [5.74, 6) is -0.795. The Morgan fingerprint density at radius 3 is 2.72 bits per heavy atom. The summed E-state index contributed by atoms with van der Waals surface area (Å²) in [6.07, 6.45) is -1.59. The summed E-state index contributed by atoms with van der Waals surface area (Å²) in [5, 5.41) is 24.0. The van der Waals surface area contributed by atoms with Gasteiger partial charge >= 0.3 is 11.7 Å². The molecule has 1 fully saturated rings. The molecule has 11 nitrogen and oxygen atoms in total. The van der Waals surface area contributed by atoms with Crippen molar-refractivity contribution in [3.8, 4) is 5.82 Å². The molecule has 0 aromatic carbocycles. The molecule has 2 N–H and O–H groups in total. The van der Waals surface area contributed by atoms with E-state index in [0.717, 1.165) is 4.57 Å². The van der Waals surface area contributed by atoms with Crippen molar-refractivity contribution < 1.29 is 24.5 Å². The maximum absolute atomic E-state index is 12.2. The number of carbonyl (C=O) groups is 1. The molecule has 1 aliphatic rings. The Morgan fingerprint density at radius 2 is 2.12 bits per heavy atom. The highest BCUT2D eigenvalue weighted by molar-refractivity contribution is 5.71. The van der Waals surface area contributed by atoms with Crippen molar-refractivity contribution in [1.29, 1.82) is 0 Å². The standard InChI is InChI=1S/C14H17N5O6/c1-7(2)12(22)25-13-10(21)9(20)11(24-13)18-4-3-8(17-14(18)23)19-6-15-5-16-19/h3-7,9-11,13,20-21H,1-2H3/t9-,10+,11-,13-/m1/s1. The largest absolute Gasteiger partial charge is 0.432 e. The third-order valence-electron chi connectivity index (χ3n) is 3.64. The molecule has 1 aliphatic heterocycles. The maximum atomic E-state index is 12.2. The van der Waals surface area contributed by atoms with Crippen LogP contribution in [-0.2, 0) is 14.3 Å². The minimum atomic E-state index is -1.49. The quantitative estimate of drug-likeness (QED) is 0.636. The van der Waals surface area contributed by atoms with Crippen molar-refractivity contribution in [2.45, 2.75) is 38.6 Å². The van der Waals surface area contributed by atoms with Gasteiger partial charge in [0.15, 0.2) is 12.0 Å². The molecule has 4 atom stereocenters. The normalized spacial score (nSPS) is 26.1. The van der Waals surface area contributed by atoms with E-state index in [-0.39, 0.29) is 5.82 Å². The van der Waals surface area contributed by atoms with Crippen LogP contribution in [-0.4, -0.2) is 59.0 Å². The number of ether oxygens (including phenoxy) is 2. The molecule has 0 saturated carbocycles. The first-order valence-corrected chi connectivity index (χ1v) is 7.54. The first kappa shape index (κ1) is 17.2. The van der Waals surface area contributed by atoms with E-state index in [4.69, 9.17) is 9.47 Å². The number of hydrogen-bond donors (Lipinski definition) is 2. The summed E-state index contributed by atoms with van der Waals surface area (Å²) in [6, 6.07) is 1.46. The van der Waals surface area contributed by atoms with Gasteiger partial charge in [-0.1, -0.05) is 13.8 Å². The number of aliphatic hydroxyl groups excluding tert-OH is 2. The van der Waals surface area contributed by atoms with Crippen LogP contribution < -0.4 is 5.69 Å². The Balaban J connectivity index is 1.82. The molecule has 134 valence electrons. The third-order valence-corrected chi connectivity index (χ3v) is 3.64. The number of esters is 1. The van der Waals surface area contributed by atoms with Gasteiger partial charge in [0.1, 0.15) is 24.9 Å². The van der Waals surface area contributed by atoms with Gasteiger partial charge in [-0.25, -0.2) is 14.5 Å². The van der Waals surface area contributed by atoms with Crippen LogP contribution >= 0.6 is 0 Å². The second kappa shape index (κ2) is 6.70. The van der Waals surface area contributed by atoms with Crippen LogP contribution in [0.3, 0.4) is 0 Å². The first-order chi connectivity index (χ1) is 11.9. The number of aromatic nitrogens is 5. The van der Waals surface area contributed by atoms with E-state index in [2.05, 4.69) is 15.1 Å². The molecule has 0 unspecified atom stereocenters. The Hall–Kier alpha value is -2.63. The SMILES string of the molecule is CC(C)C(=O)O[C@H]1O[C@@H](n2ccc(-n3cncn3)nc2=O)[C@H](O)[C@@H]1O. The number of rotatable bonds is 4. The minimum absolute atomic E-state index is 0.231. The van der Waals surface area contributed by atoms with E-state index in [9.17, 15) is 19.8 Å². The zero-order chi connectivity index (χ0) is 18.1. The molecular weight excluding hydrogens is 334 g/mol. The minimum Gasteiger partial charge on any atom is -0.432 e. The molecule has 0 amide bonds. The average molecular weight is 351 g/mol. The Morgan fingerprint density at radius 1 is 1.36 bits per heavy atom. The van der Waals surface area contributed by atoms with Crippen LogP contribution in [0.1, 0.15) is 20.1 Å². The summed E-state index contributed by atoms with van der Waals surface area (Å²) >= 11 is 0. The molecule has 0 bridgehead atoms. The fourth-order valence-electron chi connectivity index (χ4n) is 2.26. The van der Waals surface area contributed by atoms with Crippen molar-refractivity contribution in [1.82, 2.24) is 24.3 Å². The molecule has 0 aliphatic carbocycles. The van der Waals surface area contributed by atoms with Crippen LogP contribution in [0, 0.1) is 5.92 Å². The van der Waals surface area contributed by atoms with Crippen LogP contribution in [0.4, 0.5) is 0 Å². The molecule has 2 aromatic rings. The monoisotopic (exact) mass is 351 g/mol. The van der Waals surface area contributed by atoms with Crippen molar-refractivity contribution >= 4 is 5.97 Å². The fourth-order valence-corrected chi connectivity index (χ4v) is 2.26. The van der Waals surface area contributed by atoms with Crippen LogP contribution in [0.25, 0.3) is 5.82 Å². The first-order valence-electron chi connectivity index (χ1n) is 7.54. The summed E-state index contributed by atoms with van der Waals surface area (Å²) in [7, 11) is 0. The Labute approximate surface area is 141 Å². The van der Waals surface area contributed by atoms with Gasteiger partial charge in [-0.2, -0.15) is 10.1 Å². The number of hydrogen-bond acceptors (Lipinski definition) is 9. The summed E-state index contributed by atoms with van der Waals surface area (Å²) < 4.78 is 12.6. The summed E-state index contributed by atoms with van der Waals surface area (Å²) in [4.78, 5) is 31.4. The van der Waals surface area contributed by atoms with Crippen LogP contribution in [0.5, 0.6) is 0 Å². The number of aliphatic hydroxyl groups is 2. The molecule has 3 heterocycles. The third kappa shape index (κ3) is 3.29. The van der Waals surface area contributed by atoms with E-state index < -0.39 is 42.3 Å². The zero-order valence-corrected chi connectivity index (χ0v) is 13.5. The highest BCUT2D eigenvalue weighted by Gasteiger charge is 2.46. The van der Waals surface area contributed by atoms with E-state index in [1.165, 1.54) is 29.6 Å². The average Bonchev–Trinajstić information content (AvgIpc) is 3.19. The van der Waals surface area contributed by atoms with Gasteiger partial charge < -0.3 is 19.7 Å². The molecule has 11 heteroatoms. The van der Waals surface area contributed by atoms with E-state index >= 15 is 0 Å². The fraction of sp³-hybridized carbons (Fsp3) is 0.500. The molecule has 1 saturated heterocycles. The van der Waals surface area contributed by atoms with Gasteiger partial charge in [-0.15, -0.1) is 0 Å². The predicted octanol–water partition coefficient (Wildman–Crippen LogP) is -1.40. The van der Waals surface area contributed by atoms with E-state index in [0.29, 0.717) is 0 Å². The Bertz CT molecular complexity index is 804. The van der Waals surface area contributed by atoms with E-state index in [1.807, 2.05) is 0 Å². The summed E-state index contributed by atoms with van der Waals surface area (Å²) in [5.41, 5.74) is -0.736. The van der Waals surface area contributed by atoms with Gasteiger partial charge in [0.2, 0.25) is 6.29 Å². The van der Waals surface area contributed by atoms with Gasteiger partial charge in [0.25, 0.3) is 0 Å². The lowest BCUT2D eigenvalue weighted by Crippen LogP contribution is -2.36. The van der Waals surface area contributed by atoms with Crippen molar-refractivity contribution in [2.24, 2.45) is 5.92 Å². The molecule has 25 heavy (non-hydrogen) atoms. The molecule has 0 radical (unpaired) electrons. The van der Waals surface area contributed by atoms with E-state index in [1.54, 1.807) is 13.8 Å².